The first-order valence-electron chi connectivity index (χ1n) is 4.21. The molecule has 0 amide bonds. The predicted molar refractivity (Wildman–Crippen MR) is 55.4 cm³/mol. The summed E-state index contributed by atoms with van der Waals surface area (Å²) >= 11 is 5.88. The van der Waals surface area contributed by atoms with Gasteiger partial charge in [-0.25, -0.2) is 0 Å². The van der Waals surface area contributed by atoms with Gasteiger partial charge in [-0.05, 0) is 31.0 Å². The number of nitrogens with two attached hydrogens (primary N) is 1. The van der Waals surface area contributed by atoms with Crippen molar-refractivity contribution >= 4 is 11.6 Å². The average Bonchev–Trinajstić information content (AvgIpc) is 2.07. The zero-order valence-corrected chi connectivity index (χ0v) is 8.64. The molecule has 3 heteroatoms. The highest BCUT2D eigenvalue weighted by Gasteiger charge is 2.03. The minimum Gasteiger partial charge on any atom is -0.495 e. The number of hydrogen-bond acceptors (Lipinski definition) is 2. The Hall–Kier alpha value is -0.730. The van der Waals surface area contributed by atoms with Gasteiger partial charge in [0.05, 0.1) is 12.1 Å². The molecule has 0 unspecified atom stereocenters. The van der Waals surface area contributed by atoms with Gasteiger partial charge in [0.1, 0.15) is 5.75 Å². The number of ether oxygens (including phenoxy) is 1. The van der Waals surface area contributed by atoms with E-state index in [1.54, 1.807) is 7.11 Å². The molecule has 72 valence electrons. The van der Waals surface area contributed by atoms with Crippen LogP contribution in [0.5, 0.6) is 5.75 Å². The minimum atomic E-state index is 0.158. The molecule has 1 atom stereocenters. The molecule has 0 bridgehead atoms. The van der Waals surface area contributed by atoms with Gasteiger partial charge in [-0.3, -0.25) is 0 Å². The third-order valence-corrected chi connectivity index (χ3v) is 2.09. The van der Waals surface area contributed by atoms with E-state index in [1.807, 2.05) is 25.1 Å². The quantitative estimate of drug-likeness (QED) is 0.811. The van der Waals surface area contributed by atoms with E-state index in [0.717, 1.165) is 12.0 Å². The normalized spacial score (nSPS) is 12.6. The van der Waals surface area contributed by atoms with E-state index in [2.05, 4.69) is 0 Å². The molecule has 0 heterocycles. The molecule has 0 saturated heterocycles. The topological polar surface area (TPSA) is 35.2 Å². The third-order valence-electron chi connectivity index (χ3n) is 1.77. The Labute approximate surface area is 83.6 Å². The predicted octanol–water partition coefficient (Wildman–Crippen LogP) is 2.24. The van der Waals surface area contributed by atoms with Crippen molar-refractivity contribution in [1.29, 1.82) is 0 Å². The van der Waals surface area contributed by atoms with Crippen molar-refractivity contribution in [3.8, 4) is 5.75 Å². The summed E-state index contributed by atoms with van der Waals surface area (Å²) in [5.41, 5.74) is 6.83. The molecule has 0 aliphatic rings. The van der Waals surface area contributed by atoms with E-state index in [0.29, 0.717) is 10.8 Å². The molecule has 2 nitrogen and oxygen atoms in total. The summed E-state index contributed by atoms with van der Waals surface area (Å²) in [5, 5.41) is 0.635. The zero-order chi connectivity index (χ0) is 9.84. The SMILES string of the molecule is COc1cc(C[C@@H](C)N)ccc1Cl. The molecule has 0 aliphatic heterocycles. The van der Waals surface area contributed by atoms with Crippen molar-refractivity contribution in [2.24, 2.45) is 5.73 Å². The molecular weight excluding hydrogens is 186 g/mol. The van der Waals surface area contributed by atoms with Crippen molar-refractivity contribution in [2.45, 2.75) is 19.4 Å². The van der Waals surface area contributed by atoms with Crippen LogP contribution in [0, 0.1) is 0 Å². The van der Waals surface area contributed by atoms with Crippen LogP contribution in [0.3, 0.4) is 0 Å². The molecule has 0 radical (unpaired) electrons. The molecule has 0 aliphatic carbocycles. The van der Waals surface area contributed by atoms with Gasteiger partial charge in [-0.2, -0.15) is 0 Å². The van der Waals surface area contributed by atoms with Crippen LogP contribution in [0.2, 0.25) is 5.02 Å². The Kier molecular flexibility index (Phi) is 3.58. The van der Waals surface area contributed by atoms with Crippen LogP contribution in [0.1, 0.15) is 12.5 Å². The van der Waals surface area contributed by atoms with Gasteiger partial charge < -0.3 is 10.5 Å². The van der Waals surface area contributed by atoms with E-state index in [-0.39, 0.29) is 6.04 Å². The van der Waals surface area contributed by atoms with Gasteiger partial charge in [-0.15, -0.1) is 0 Å². The van der Waals surface area contributed by atoms with Crippen molar-refractivity contribution in [3.63, 3.8) is 0 Å². The Morgan fingerprint density at radius 1 is 1.54 bits per heavy atom. The number of rotatable bonds is 3. The van der Waals surface area contributed by atoms with Crippen LogP contribution >= 0.6 is 11.6 Å². The van der Waals surface area contributed by atoms with E-state index < -0.39 is 0 Å². The number of methoxy groups -OCH3 is 1. The monoisotopic (exact) mass is 199 g/mol. The smallest absolute Gasteiger partial charge is 0.137 e. The van der Waals surface area contributed by atoms with Crippen molar-refractivity contribution < 1.29 is 4.74 Å². The fourth-order valence-electron chi connectivity index (χ4n) is 1.20. The second-order valence-electron chi connectivity index (χ2n) is 3.15. The van der Waals surface area contributed by atoms with E-state index >= 15 is 0 Å². The zero-order valence-electron chi connectivity index (χ0n) is 7.88. The Morgan fingerprint density at radius 2 is 2.23 bits per heavy atom. The summed E-state index contributed by atoms with van der Waals surface area (Å²) in [6.45, 7) is 1.97. The number of benzene rings is 1. The van der Waals surface area contributed by atoms with E-state index in [1.165, 1.54) is 0 Å². The van der Waals surface area contributed by atoms with Gasteiger partial charge >= 0.3 is 0 Å². The first-order chi connectivity index (χ1) is 6.13. The molecule has 0 spiro atoms. The fraction of sp³-hybridized carbons (Fsp3) is 0.400. The first kappa shape index (κ1) is 10.4. The Morgan fingerprint density at radius 3 is 2.77 bits per heavy atom. The van der Waals surface area contributed by atoms with Crippen LogP contribution in [0.4, 0.5) is 0 Å². The molecule has 13 heavy (non-hydrogen) atoms. The van der Waals surface area contributed by atoms with Gasteiger partial charge in [0.25, 0.3) is 0 Å². The van der Waals surface area contributed by atoms with Crippen LogP contribution < -0.4 is 10.5 Å². The van der Waals surface area contributed by atoms with Crippen molar-refractivity contribution in [1.82, 2.24) is 0 Å². The lowest BCUT2D eigenvalue weighted by Crippen LogP contribution is -2.17. The minimum absolute atomic E-state index is 0.158. The molecular formula is C10H14ClNO. The number of halogens is 1. The number of hydrogen-bond donors (Lipinski definition) is 1. The van der Waals surface area contributed by atoms with Crippen molar-refractivity contribution in [3.05, 3.63) is 28.8 Å². The molecule has 0 aromatic heterocycles. The maximum absolute atomic E-state index is 5.88. The summed E-state index contributed by atoms with van der Waals surface area (Å²) in [4.78, 5) is 0. The molecule has 0 saturated carbocycles. The largest absolute Gasteiger partial charge is 0.495 e. The summed E-state index contributed by atoms with van der Waals surface area (Å²) in [6.07, 6.45) is 0.841. The van der Waals surface area contributed by atoms with E-state index in [4.69, 9.17) is 22.1 Å². The average molecular weight is 200 g/mol. The standard InChI is InChI=1S/C10H14ClNO/c1-7(12)5-8-3-4-9(11)10(6-8)13-2/h3-4,6-7H,5,12H2,1-2H3/t7-/m1/s1. The highest BCUT2D eigenvalue weighted by atomic mass is 35.5. The summed E-state index contributed by atoms with van der Waals surface area (Å²) < 4.78 is 5.09. The second kappa shape index (κ2) is 4.49. The molecule has 1 aromatic carbocycles. The third kappa shape index (κ3) is 2.90. The van der Waals surface area contributed by atoms with Crippen LogP contribution in [0.15, 0.2) is 18.2 Å². The highest BCUT2D eigenvalue weighted by Crippen LogP contribution is 2.25. The summed E-state index contributed by atoms with van der Waals surface area (Å²) in [7, 11) is 1.61. The molecule has 0 fully saturated rings. The lowest BCUT2D eigenvalue weighted by atomic mass is 10.1. The molecule has 2 N–H and O–H groups in total. The van der Waals surface area contributed by atoms with Crippen molar-refractivity contribution in [2.75, 3.05) is 7.11 Å². The Bertz CT molecular complexity index is 286. The van der Waals surface area contributed by atoms with E-state index in [9.17, 15) is 0 Å². The van der Waals surface area contributed by atoms with Crippen LogP contribution in [0.25, 0.3) is 0 Å². The van der Waals surface area contributed by atoms with Gasteiger partial charge in [0.15, 0.2) is 0 Å². The van der Waals surface area contributed by atoms with Crippen LogP contribution in [-0.4, -0.2) is 13.2 Å². The first-order valence-corrected chi connectivity index (χ1v) is 4.59. The Balaban J connectivity index is 2.86. The maximum Gasteiger partial charge on any atom is 0.137 e. The lowest BCUT2D eigenvalue weighted by Gasteiger charge is -2.08. The summed E-state index contributed by atoms with van der Waals surface area (Å²) in [5.74, 6) is 0.708. The fourth-order valence-corrected chi connectivity index (χ4v) is 1.40. The lowest BCUT2D eigenvalue weighted by molar-refractivity contribution is 0.414. The van der Waals surface area contributed by atoms with Gasteiger partial charge in [0, 0.05) is 6.04 Å². The van der Waals surface area contributed by atoms with Gasteiger partial charge in [-0.1, -0.05) is 17.7 Å². The maximum atomic E-state index is 5.88. The van der Waals surface area contributed by atoms with Crippen LogP contribution in [-0.2, 0) is 6.42 Å². The molecule has 1 aromatic rings. The molecule has 1 rings (SSSR count). The van der Waals surface area contributed by atoms with Gasteiger partial charge in [0.2, 0.25) is 0 Å². The highest BCUT2D eigenvalue weighted by molar-refractivity contribution is 6.32. The summed E-state index contributed by atoms with van der Waals surface area (Å²) in [6, 6.07) is 5.88. The second-order valence-corrected chi connectivity index (χ2v) is 3.56.